The molecule has 1 aromatic rings. The number of esters is 1. The molecule has 0 aliphatic heterocycles. The van der Waals surface area contributed by atoms with Gasteiger partial charge in [0.2, 0.25) is 10.0 Å². The number of hydrogen-bond donors (Lipinski definition) is 0. The molecule has 0 amide bonds. The molecule has 0 aliphatic carbocycles. The second-order valence-electron chi connectivity index (χ2n) is 4.09. The highest BCUT2D eigenvalue weighted by molar-refractivity contribution is 9.12. The summed E-state index contributed by atoms with van der Waals surface area (Å²) in [6.45, 7) is 0.173. The van der Waals surface area contributed by atoms with E-state index in [0.29, 0.717) is 16.0 Å². The van der Waals surface area contributed by atoms with E-state index in [4.69, 9.17) is 11.6 Å². The molecule has 1 atom stereocenters. The number of halogens is 3. The maximum atomic E-state index is 12.4. The number of alkyl halides is 2. The minimum atomic E-state index is -3.84. The van der Waals surface area contributed by atoms with Crippen molar-refractivity contribution in [1.29, 1.82) is 0 Å². The molecule has 0 aliphatic rings. The van der Waals surface area contributed by atoms with Crippen molar-refractivity contribution >= 4 is 65.1 Å². The van der Waals surface area contributed by atoms with Gasteiger partial charge >= 0.3 is 5.97 Å². The minimum Gasteiger partial charge on any atom is -0.468 e. The molecular weight excluding hydrogens is 449 g/mol. The lowest BCUT2D eigenvalue weighted by molar-refractivity contribution is -0.137. The molecule has 0 radical (unpaired) electrons. The molecule has 0 spiro atoms. The van der Waals surface area contributed by atoms with Crippen LogP contribution in [0.3, 0.4) is 0 Å². The van der Waals surface area contributed by atoms with Crippen molar-refractivity contribution in [2.24, 2.45) is 0 Å². The molecule has 1 rings (SSSR count). The molecule has 118 valence electrons. The van der Waals surface area contributed by atoms with E-state index < -0.39 is 21.7 Å². The molecule has 5 nitrogen and oxygen atoms in total. The van der Waals surface area contributed by atoms with Gasteiger partial charge in [0.1, 0.15) is 0 Å². The smallest absolute Gasteiger partial charge is 0.322 e. The zero-order valence-corrected chi connectivity index (χ0v) is 15.9. The molecule has 0 heterocycles. The molecule has 1 unspecified atom stereocenters. The van der Waals surface area contributed by atoms with Gasteiger partial charge in [0, 0.05) is 21.7 Å². The average Bonchev–Trinajstić information content (AvgIpc) is 2.44. The van der Waals surface area contributed by atoms with E-state index >= 15 is 0 Å². The molecule has 0 fully saturated rings. The van der Waals surface area contributed by atoms with Crippen LogP contribution in [0.2, 0.25) is 5.02 Å². The van der Waals surface area contributed by atoms with E-state index in [0.717, 1.165) is 7.11 Å². The summed E-state index contributed by atoms with van der Waals surface area (Å²) >= 11 is 12.5. The Hall–Kier alpha value is -0.310. The SMILES string of the molecule is COC(=O)CS(=O)(=O)N(CC(Br)CBr)c1ccc(Cl)cc1. The van der Waals surface area contributed by atoms with Gasteiger partial charge < -0.3 is 4.74 Å². The van der Waals surface area contributed by atoms with Crippen molar-refractivity contribution in [3.8, 4) is 0 Å². The van der Waals surface area contributed by atoms with Gasteiger partial charge in [-0.15, -0.1) is 0 Å². The number of ether oxygens (including phenoxy) is 1. The summed E-state index contributed by atoms with van der Waals surface area (Å²) < 4.78 is 30.4. The third-order valence-corrected chi connectivity index (χ3v) is 6.66. The Kier molecular flexibility index (Phi) is 7.46. The van der Waals surface area contributed by atoms with E-state index in [-0.39, 0.29) is 11.4 Å². The summed E-state index contributed by atoms with van der Waals surface area (Å²) in [6, 6.07) is 6.36. The molecule has 0 N–H and O–H groups in total. The van der Waals surface area contributed by atoms with E-state index in [9.17, 15) is 13.2 Å². The number of carbonyl (C=O) groups excluding carboxylic acids is 1. The minimum absolute atomic E-state index is 0.111. The predicted octanol–water partition coefficient (Wildman–Crippen LogP) is 2.81. The first-order chi connectivity index (χ1) is 9.80. The first kappa shape index (κ1) is 18.7. The summed E-state index contributed by atoms with van der Waals surface area (Å²) in [7, 11) is -2.69. The quantitative estimate of drug-likeness (QED) is 0.461. The van der Waals surface area contributed by atoms with Gasteiger partial charge in [-0.3, -0.25) is 9.10 Å². The van der Waals surface area contributed by atoms with Crippen LogP contribution < -0.4 is 4.31 Å². The summed E-state index contributed by atoms with van der Waals surface area (Å²) in [6.07, 6.45) is 0. The summed E-state index contributed by atoms with van der Waals surface area (Å²) in [4.78, 5) is 11.2. The van der Waals surface area contributed by atoms with Crippen LogP contribution in [0.1, 0.15) is 0 Å². The van der Waals surface area contributed by atoms with Crippen molar-refractivity contribution in [3.05, 3.63) is 29.3 Å². The first-order valence-corrected chi connectivity index (χ1v) is 9.85. The van der Waals surface area contributed by atoms with Crippen LogP contribution in [-0.2, 0) is 19.6 Å². The van der Waals surface area contributed by atoms with Crippen LogP contribution >= 0.6 is 43.5 Å². The number of methoxy groups -OCH3 is 1. The Balaban J connectivity index is 3.12. The second-order valence-corrected chi connectivity index (χ2v) is 8.36. The zero-order chi connectivity index (χ0) is 16.0. The fourth-order valence-electron chi connectivity index (χ4n) is 1.50. The monoisotopic (exact) mass is 461 g/mol. The number of rotatable bonds is 7. The molecular formula is C12H14Br2ClNO4S. The lowest BCUT2D eigenvalue weighted by Crippen LogP contribution is -2.39. The molecule has 21 heavy (non-hydrogen) atoms. The Morgan fingerprint density at radius 3 is 2.43 bits per heavy atom. The number of anilines is 1. The van der Waals surface area contributed by atoms with Gasteiger partial charge in [0.05, 0.1) is 12.8 Å². The van der Waals surface area contributed by atoms with Crippen molar-refractivity contribution in [3.63, 3.8) is 0 Å². The molecule has 0 saturated carbocycles. The second kappa shape index (κ2) is 8.36. The highest BCUT2D eigenvalue weighted by Crippen LogP contribution is 2.23. The standard InChI is InChI=1S/C12H14Br2ClNO4S/c1-20-12(17)8-21(18,19)16(7-9(14)6-13)11-4-2-10(15)3-5-11/h2-5,9H,6-8H2,1H3. The van der Waals surface area contributed by atoms with Gasteiger partial charge in [-0.2, -0.15) is 0 Å². The fourth-order valence-corrected chi connectivity index (χ4v) is 3.73. The van der Waals surface area contributed by atoms with Gasteiger partial charge in [-0.05, 0) is 24.3 Å². The molecule has 0 aromatic heterocycles. The van der Waals surface area contributed by atoms with Crippen molar-refractivity contribution in [1.82, 2.24) is 0 Å². The Morgan fingerprint density at radius 1 is 1.38 bits per heavy atom. The maximum absolute atomic E-state index is 12.4. The van der Waals surface area contributed by atoms with Crippen LogP contribution in [0.25, 0.3) is 0 Å². The van der Waals surface area contributed by atoms with Crippen LogP contribution in [0.5, 0.6) is 0 Å². The van der Waals surface area contributed by atoms with Crippen molar-refractivity contribution in [2.75, 3.05) is 29.0 Å². The lowest BCUT2D eigenvalue weighted by Gasteiger charge is -2.25. The van der Waals surface area contributed by atoms with Crippen LogP contribution in [0, 0.1) is 0 Å². The highest BCUT2D eigenvalue weighted by atomic mass is 79.9. The number of sulfonamides is 1. The van der Waals surface area contributed by atoms with E-state index in [1.807, 2.05) is 0 Å². The molecule has 0 bridgehead atoms. The Labute approximate surface area is 145 Å². The summed E-state index contributed by atoms with van der Waals surface area (Å²) in [5.41, 5.74) is 0.439. The normalized spacial score (nSPS) is 12.8. The summed E-state index contributed by atoms with van der Waals surface area (Å²) in [5.74, 6) is -1.52. The topological polar surface area (TPSA) is 63.7 Å². The van der Waals surface area contributed by atoms with Crippen LogP contribution in [-0.4, -0.2) is 44.0 Å². The third kappa shape index (κ3) is 5.77. The maximum Gasteiger partial charge on any atom is 0.322 e. The number of hydrogen-bond acceptors (Lipinski definition) is 4. The van der Waals surface area contributed by atoms with Gasteiger partial charge in [0.25, 0.3) is 0 Å². The third-order valence-electron chi connectivity index (χ3n) is 2.51. The average molecular weight is 464 g/mol. The fraction of sp³-hybridized carbons (Fsp3) is 0.417. The van der Waals surface area contributed by atoms with Gasteiger partial charge in [-0.25, -0.2) is 8.42 Å². The largest absolute Gasteiger partial charge is 0.468 e. The van der Waals surface area contributed by atoms with E-state index in [2.05, 4.69) is 36.6 Å². The van der Waals surface area contributed by atoms with E-state index in [1.165, 1.54) is 4.31 Å². The number of carbonyl (C=O) groups is 1. The van der Waals surface area contributed by atoms with Crippen LogP contribution in [0.4, 0.5) is 5.69 Å². The van der Waals surface area contributed by atoms with Gasteiger partial charge in [-0.1, -0.05) is 43.5 Å². The van der Waals surface area contributed by atoms with Gasteiger partial charge in [0.15, 0.2) is 5.75 Å². The molecule has 9 heteroatoms. The Morgan fingerprint density at radius 2 is 1.95 bits per heavy atom. The number of benzene rings is 1. The molecule has 1 aromatic carbocycles. The highest BCUT2D eigenvalue weighted by Gasteiger charge is 2.27. The van der Waals surface area contributed by atoms with Crippen molar-refractivity contribution < 1.29 is 17.9 Å². The number of nitrogens with zero attached hydrogens (tertiary/aromatic N) is 1. The first-order valence-electron chi connectivity index (χ1n) is 5.83. The van der Waals surface area contributed by atoms with Crippen LogP contribution in [0.15, 0.2) is 24.3 Å². The molecule has 0 saturated heterocycles. The van der Waals surface area contributed by atoms with Crippen molar-refractivity contribution in [2.45, 2.75) is 4.83 Å². The predicted molar refractivity (Wildman–Crippen MR) is 91.1 cm³/mol. The Bertz CT molecular complexity index is 579. The summed E-state index contributed by atoms with van der Waals surface area (Å²) in [5, 5.41) is 1.06. The lowest BCUT2D eigenvalue weighted by atomic mass is 10.3. The van der Waals surface area contributed by atoms with E-state index in [1.54, 1.807) is 24.3 Å². The zero-order valence-electron chi connectivity index (χ0n) is 11.1.